The van der Waals surface area contributed by atoms with Gasteiger partial charge in [0.1, 0.15) is 11.4 Å². The molecule has 2 unspecified atom stereocenters. The van der Waals surface area contributed by atoms with Crippen molar-refractivity contribution in [2.24, 2.45) is 5.92 Å². The monoisotopic (exact) mass is 325 g/mol. The predicted octanol–water partition coefficient (Wildman–Crippen LogP) is 3.55. The maximum Gasteiger partial charge on any atom is 0.410 e. The minimum atomic E-state index is -0.474. The second kappa shape index (κ2) is 7.65. The van der Waals surface area contributed by atoms with Crippen LogP contribution in [-0.2, 0) is 14.3 Å². The van der Waals surface area contributed by atoms with E-state index in [0.717, 1.165) is 38.5 Å². The SMILES string of the molecule is COCCCC(=O)C1CC2CCCC(C1)N2C(=O)OC(C)(C)C. The quantitative estimate of drug-likeness (QED) is 0.725. The number of ether oxygens (including phenoxy) is 2. The first kappa shape index (κ1) is 18.2. The lowest BCUT2D eigenvalue weighted by atomic mass is 9.76. The van der Waals surface area contributed by atoms with E-state index in [1.807, 2.05) is 25.7 Å². The summed E-state index contributed by atoms with van der Waals surface area (Å²) in [4.78, 5) is 26.9. The van der Waals surface area contributed by atoms with Crippen molar-refractivity contribution < 1.29 is 19.1 Å². The molecule has 2 bridgehead atoms. The molecule has 0 spiro atoms. The molecule has 2 saturated heterocycles. The Labute approximate surface area is 139 Å². The van der Waals surface area contributed by atoms with E-state index in [2.05, 4.69) is 0 Å². The highest BCUT2D eigenvalue weighted by atomic mass is 16.6. The van der Waals surface area contributed by atoms with Gasteiger partial charge in [0.25, 0.3) is 0 Å². The Morgan fingerprint density at radius 1 is 1.13 bits per heavy atom. The van der Waals surface area contributed by atoms with Gasteiger partial charge in [-0.1, -0.05) is 0 Å². The Balaban J connectivity index is 1.97. The van der Waals surface area contributed by atoms with Crippen LogP contribution in [0.2, 0.25) is 0 Å². The summed E-state index contributed by atoms with van der Waals surface area (Å²) >= 11 is 0. The topological polar surface area (TPSA) is 55.8 Å². The lowest BCUT2D eigenvalue weighted by Gasteiger charge is -2.48. The van der Waals surface area contributed by atoms with Crippen LogP contribution in [0.15, 0.2) is 0 Å². The van der Waals surface area contributed by atoms with Crippen LogP contribution in [0.3, 0.4) is 0 Å². The Morgan fingerprint density at radius 3 is 2.26 bits per heavy atom. The molecule has 2 heterocycles. The Kier molecular flexibility index (Phi) is 6.06. The Morgan fingerprint density at radius 2 is 1.74 bits per heavy atom. The van der Waals surface area contributed by atoms with Crippen molar-refractivity contribution in [2.45, 2.75) is 83.4 Å². The Hall–Kier alpha value is -1.10. The van der Waals surface area contributed by atoms with Crippen LogP contribution in [0.4, 0.5) is 4.79 Å². The van der Waals surface area contributed by atoms with Crippen LogP contribution in [-0.4, -0.2) is 48.2 Å². The van der Waals surface area contributed by atoms with E-state index in [9.17, 15) is 9.59 Å². The average molecular weight is 325 g/mol. The predicted molar refractivity (Wildman–Crippen MR) is 88.3 cm³/mol. The molecule has 2 aliphatic heterocycles. The average Bonchev–Trinajstić information content (AvgIpc) is 2.44. The van der Waals surface area contributed by atoms with E-state index in [1.165, 1.54) is 0 Å². The number of hydrogen-bond donors (Lipinski definition) is 0. The molecule has 0 N–H and O–H groups in total. The van der Waals surface area contributed by atoms with Crippen molar-refractivity contribution in [3.8, 4) is 0 Å². The second-order valence-corrected chi connectivity index (χ2v) is 7.86. The molecule has 1 amide bonds. The fourth-order valence-electron chi connectivity index (χ4n) is 3.85. The number of hydrogen-bond acceptors (Lipinski definition) is 4. The third-order valence-electron chi connectivity index (χ3n) is 4.81. The molecular weight excluding hydrogens is 294 g/mol. The minimum absolute atomic E-state index is 0.0980. The number of Topliss-reactive ketones (excluding diaryl/α,β-unsaturated/α-hetero) is 1. The van der Waals surface area contributed by atoms with E-state index in [0.29, 0.717) is 18.8 Å². The maximum absolute atomic E-state index is 12.5. The number of carbonyl (C=O) groups is 2. The molecule has 2 fully saturated rings. The molecule has 23 heavy (non-hydrogen) atoms. The van der Waals surface area contributed by atoms with Crippen molar-refractivity contribution in [1.82, 2.24) is 4.90 Å². The largest absolute Gasteiger partial charge is 0.444 e. The van der Waals surface area contributed by atoms with Gasteiger partial charge < -0.3 is 14.4 Å². The standard InChI is InChI=1S/C18H31NO4/c1-18(2,3)23-17(21)19-14-7-5-8-15(19)12-13(11-14)16(20)9-6-10-22-4/h13-15H,5-12H2,1-4H3. The van der Waals surface area contributed by atoms with Crippen molar-refractivity contribution >= 4 is 11.9 Å². The third-order valence-corrected chi connectivity index (χ3v) is 4.81. The van der Waals surface area contributed by atoms with E-state index in [1.54, 1.807) is 7.11 Å². The summed E-state index contributed by atoms with van der Waals surface area (Å²) in [6.07, 6.45) is 5.86. The number of fused-ring (bicyclic) bond motifs is 2. The molecular formula is C18H31NO4. The van der Waals surface area contributed by atoms with Gasteiger partial charge in [-0.2, -0.15) is 0 Å². The van der Waals surface area contributed by atoms with Crippen LogP contribution >= 0.6 is 0 Å². The summed E-state index contributed by atoms with van der Waals surface area (Å²) in [5.41, 5.74) is -0.474. The molecule has 2 rings (SSSR count). The summed E-state index contributed by atoms with van der Waals surface area (Å²) in [6, 6.07) is 0.322. The molecule has 0 radical (unpaired) electrons. The number of nitrogens with zero attached hydrogens (tertiary/aromatic N) is 1. The van der Waals surface area contributed by atoms with Crippen LogP contribution in [0, 0.1) is 5.92 Å². The van der Waals surface area contributed by atoms with Gasteiger partial charge in [0.2, 0.25) is 0 Å². The lowest BCUT2D eigenvalue weighted by molar-refractivity contribution is -0.127. The van der Waals surface area contributed by atoms with Crippen LogP contribution in [0.5, 0.6) is 0 Å². The van der Waals surface area contributed by atoms with Gasteiger partial charge in [-0.15, -0.1) is 0 Å². The smallest absolute Gasteiger partial charge is 0.410 e. The summed E-state index contributed by atoms with van der Waals surface area (Å²) in [5, 5.41) is 0. The summed E-state index contributed by atoms with van der Waals surface area (Å²) in [7, 11) is 1.66. The van der Waals surface area contributed by atoms with Crippen LogP contribution < -0.4 is 0 Å². The third kappa shape index (κ3) is 4.93. The van der Waals surface area contributed by atoms with Gasteiger partial charge in [-0.3, -0.25) is 4.79 Å². The lowest BCUT2D eigenvalue weighted by Crippen LogP contribution is -2.56. The summed E-state index contributed by atoms with van der Waals surface area (Å²) < 4.78 is 10.6. The highest BCUT2D eigenvalue weighted by Crippen LogP contribution is 2.38. The fraction of sp³-hybridized carbons (Fsp3) is 0.889. The van der Waals surface area contributed by atoms with Gasteiger partial charge in [-0.25, -0.2) is 4.79 Å². The number of rotatable bonds is 5. The summed E-state index contributed by atoms with van der Waals surface area (Å²) in [6.45, 7) is 6.32. The molecule has 0 saturated carbocycles. The van der Waals surface area contributed by atoms with Crippen LogP contribution in [0.1, 0.15) is 65.7 Å². The van der Waals surface area contributed by atoms with Crippen molar-refractivity contribution in [3.63, 3.8) is 0 Å². The van der Waals surface area contributed by atoms with Crippen molar-refractivity contribution in [2.75, 3.05) is 13.7 Å². The highest BCUT2D eigenvalue weighted by molar-refractivity contribution is 5.81. The van der Waals surface area contributed by atoms with Crippen molar-refractivity contribution in [1.29, 1.82) is 0 Å². The van der Waals surface area contributed by atoms with Gasteiger partial charge in [-0.05, 0) is 59.3 Å². The van der Waals surface area contributed by atoms with Crippen molar-refractivity contribution in [3.05, 3.63) is 0 Å². The molecule has 132 valence electrons. The number of ketones is 1. The zero-order chi connectivity index (χ0) is 17.0. The van der Waals surface area contributed by atoms with Gasteiger partial charge >= 0.3 is 6.09 Å². The van der Waals surface area contributed by atoms with Gasteiger partial charge in [0.05, 0.1) is 0 Å². The first-order valence-corrected chi connectivity index (χ1v) is 8.85. The fourth-order valence-corrected chi connectivity index (χ4v) is 3.85. The number of amides is 1. The Bertz CT molecular complexity index is 415. The molecule has 0 aromatic heterocycles. The minimum Gasteiger partial charge on any atom is -0.444 e. The number of piperidine rings is 2. The molecule has 0 aromatic rings. The van der Waals surface area contributed by atoms with E-state index >= 15 is 0 Å². The highest BCUT2D eigenvalue weighted by Gasteiger charge is 2.44. The first-order chi connectivity index (χ1) is 10.8. The van der Waals surface area contributed by atoms with Crippen LogP contribution in [0.25, 0.3) is 0 Å². The zero-order valence-electron chi connectivity index (χ0n) is 15.0. The first-order valence-electron chi connectivity index (χ1n) is 8.85. The normalized spacial score (nSPS) is 27.7. The molecule has 5 heteroatoms. The zero-order valence-corrected chi connectivity index (χ0v) is 15.0. The molecule has 0 aromatic carbocycles. The van der Waals surface area contributed by atoms with Gasteiger partial charge in [0.15, 0.2) is 0 Å². The molecule has 2 atom stereocenters. The number of carbonyl (C=O) groups excluding carboxylic acids is 2. The molecule has 5 nitrogen and oxygen atoms in total. The molecule has 2 aliphatic rings. The second-order valence-electron chi connectivity index (χ2n) is 7.86. The van der Waals surface area contributed by atoms with Gasteiger partial charge in [0, 0.05) is 38.1 Å². The van der Waals surface area contributed by atoms with E-state index < -0.39 is 5.60 Å². The van der Waals surface area contributed by atoms with E-state index in [-0.39, 0.29) is 24.1 Å². The maximum atomic E-state index is 12.5. The summed E-state index contributed by atoms with van der Waals surface area (Å²) in [5.74, 6) is 0.434. The number of methoxy groups -OCH3 is 1. The van der Waals surface area contributed by atoms with E-state index in [4.69, 9.17) is 9.47 Å². The molecule has 0 aliphatic carbocycles.